The summed E-state index contributed by atoms with van der Waals surface area (Å²) < 4.78 is 39.3. The van der Waals surface area contributed by atoms with Crippen LogP contribution in [0, 0.1) is 0 Å². The molecule has 0 saturated heterocycles. The summed E-state index contributed by atoms with van der Waals surface area (Å²) in [7, 11) is 1.53. The van der Waals surface area contributed by atoms with E-state index in [0.717, 1.165) is 11.6 Å². The second-order valence-corrected chi connectivity index (χ2v) is 7.31. The Balaban J connectivity index is 2.10. The molecule has 3 aromatic rings. The molecule has 0 amide bonds. The van der Waals surface area contributed by atoms with Gasteiger partial charge in [-0.2, -0.15) is 13.9 Å². The number of aromatic nitrogens is 4. The van der Waals surface area contributed by atoms with Crippen LogP contribution in [0.2, 0.25) is 5.02 Å². The molecule has 0 radical (unpaired) electrons. The van der Waals surface area contributed by atoms with Crippen LogP contribution in [0.15, 0.2) is 42.7 Å². The van der Waals surface area contributed by atoms with E-state index in [9.17, 15) is 13.6 Å². The maximum atomic E-state index is 13.9. The van der Waals surface area contributed by atoms with Gasteiger partial charge in [-0.3, -0.25) is 9.48 Å². The number of benzene rings is 1. The lowest BCUT2D eigenvalue weighted by Gasteiger charge is -2.16. The first kappa shape index (κ1) is 22.9. The van der Waals surface area contributed by atoms with E-state index in [1.165, 1.54) is 24.2 Å². The smallest absolute Gasteiger partial charge is 0.366 e. The summed E-state index contributed by atoms with van der Waals surface area (Å²) in [5.41, 5.74) is 0.127. The van der Waals surface area contributed by atoms with Crippen molar-refractivity contribution in [1.82, 2.24) is 19.7 Å². The number of hydrogen-bond acceptors (Lipinski definition) is 6. The number of halogens is 4. The largest absolute Gasteiger partial charge is 0.497 e. The Morgan fingerprint density at radius 1 is 1.23 bits per heavy atom. The molecule has 164 valence electrons. The first-order valence-electron chi connectivity index (χ1n) is 9.15. The van der Waals surface area contributed by atoms with Gasteiger partial charge in [0, 0.05) is 12.4 Å². The second kappa shape index (κ2) is 9.57. The predicted octanol–water partition coefficient (Wildman–Crippen LogP) is 4.37. The third kappa shape index (κ3) is 5.48. The number of alkyl halides is 3. The number of methoxy groups -OCH3 is 1. The summed E-state index contributed by atoms with van der Waals surface area (Å²) in [6.07, 6.45) is 2.61. The average molecular weight is 471 g/mol. The maximum Gasteiger partial charge on any atom is 0.366 e. The number of nitrogens with zero attached hydrogens (tertiary/aromatic N) is 4. The van der Waals surface area contributed by atoms with Gasteiger partial charge in [-0.25, -0.2) is 9.97 Å². The highest BCUT2D eigenvalue weighted by Gasteiger charge is 2.37. The van der Waals surface area contributed by atoms with Crippen molar-refractivity contribution in [2.75, 3.05) is 13.7 Å². The van der Waals surface area contributed by atoms with Crippen LogP contribution < -0.4 is 4.74 Å². The molecule has 7 nitrogen and oxygen atoms in total. The summed E-state index contributed by atoms with van der Waals surface area (Å²) in [4.78, 5) is 20.9. The van der Waals surface area contributed by atoms with Crippen LogP contribution >= 0.6 is 23.2 Å². The highest BCUT2D eigenvalue weighted by Crippen LogP contribution is 2.35. The molecule has 11 heteroatoms. The predicted molar refractivity (Wildman–Crippen MR) is 110 cm³/mol. The minimum atomic E-state index is -3.74. The lowest BCUT2D eigenvalue weighted by atomic mass is 10.0. The third-order valence-electron chi connectivity index (χ3n) is 4.31. The van der Waals surface area contributed by atoms with E-state index in [1.54, 1.807) is 31.2 Å². The minimum Gasteiger partial charge on any atom is -0.497 e. The average Bonchev–Trinajstić information content (AvgIpc) is 3.14. The quantitative estimate of drug-likeness (QED) is 0.359. The molecular weight excluding hydrogens is 453 g/mol. The van der Waals surface area contributed by atoms with Crippen LogP contribution in [0.5, 0.6) is 5.75 Å². The van der Waals surface area contributed by atoms with E-state index < -0.39 is 23.0 Å². The zero-order valence-corrected chi connectivity index (χ0v) is 18.1. The lowest BCUT2D eigenvalue weighted by Crippen LogP contribution is -2.23. The summed E-state index contributed by atoms with van der Waals surface area (Å²) in [6, 6.07) is 8.00. The number of rotatable bonds is 8. The topological polar surface area (TPSA) is 79.1 Å². The molecule has 0 bridgehead atoms. The van der Waals surface area contributed by atoms with Gasteiger partial charge < -0.3 is 9.47 Å². The maximum absolute atomic E-state index is 13.9. The molecule has 0 aliphatic rings. The number of esters is 1. The van der Waals surface area contributed by atoms with Crippen LogP contribution in [0.1, 0.15) is 35.6 Å². The van der Waals surface area contributed by atoms with Gasteiger partial charge in [-0.15, -0.1) is 0 Å². The molecule has 1 aromatic carbocycles. The lowest BCUT2D eigenvalue weighted by molar-refractivity contribution is -0.144. The standard InChI is InChI=1S/C20H18Cl2F2N4O3/c1-3-31-19(29)17(18-25-9-13(21)10-26-18)15-8-16(20(22,23)24)27-28(15)11-12-4-6-14(30-2)7-5-12/h4-10,17H,3,11H2,1-2H3. The van der Waals surface area contributed by atoms with Crippen LogP contribution in [-0.2, 0) is 21.5 Å². The minimum absolute atomic E-state index is 0.0307. The Kier molecular flexibility index (Phi) is 7.07. The SMILES string of the molecule is CCOC(=O)C(c1ncc(Cl)cn1)c1cc(C(F)(F)Cl)nn1Cc1ccc(OC)cc1. The van der Waals surface area contributed by atoms with Crippen molar-refractivity contribution in [2.45, 2.75) is 24.8 Å². The molecule has 0 spiro atoms. The summed E-state index contributed by atoms with van der Waals surface area (Å²) in [5.74, 6) is -1.26. The molecule has 0 fully saturated rings. The first-order valence-corrected chi connectivity index (χ1v) is 9.90. The van der Waals surface area contributed by atoms with Crippen molar-refractivity contribution in [2.24, 2.45) is 0 Å². The molecule has 2 heterocycles. The van der Waals surface area contributed by atoms with Gasteiger partial charge in [-0.1, -0.05) is 23.7 Å². The molecule has 0 aliphatic heterocycles. The van der Waals surface area contributed by atoms with Gasteiger partial charge in [0.15, 0.2) is 5.92 Å². The highest BCUT2D eigenvalue weighted by atomic mass is 35.5. The summed E-state index contributed by atoms with van der Waals surface area (Å²) in [5, 5.41) is 0.459. The van der Waals surface area contributed by atoms with Crippen molar-refractivity contribution in [3.05, 3.63) is 70.5 Å². The van der Waals surface area contributed by atoms with Crippen molar-refractivity contribution in [3.8, 4) is 5.75 Å². The van der Waals surface area contributed by atoms with Crippen molar-refractivity contribution < 1.29 is 23.0 Å². The molecule has 1 unspecified atom stereocenters. The Morgan fingerprint density at radius 2 is 1.87 bits per heavy atom. The number of hydrogen-bond donors (Lipinski definition) is 0. The van der Waals surface area contributed by atoms with Gasteiger partial charge in [0.25, 0.3) is 0 Å². The highest BCUT2D eigenvalue weighted by molar-refractivity contribution is 6.30. The fourth-order valence-electron chi connectivity index (χ4n) is 2.89. The summed E-state index contributed by atoms with van der Waals surface area (Å²) in [6.45, 7) is 1.79. The van der Waals surface area contributed by atoms with E-state index in [2.05, 4.69) is 15.1 Å². The fourth-order valence-corrected chi connectivity index (χ4v) is 3.08. The van der Waals surface area contributed by atoms with E-state index in [1.807, 2.05) is 0 Å². The fraction of sp³-hybridized carbons (Fsp3) is 0.300. The number of ether oxygens (including phenoxy) is 2. The number of carbonyl (C=O) groups excluding carboxylic acids is 1. The van der Waals surface area contributed by atoms with Crippen LogP contribution in [-0.4, -0.2) is 39.4 Å². The van der Waals surface area contributed by atoms with E-state index in [0.29, 0.717) is 5.75 Å². The molecule has 0 saturated carbocycles. The Bertz CT molecular complexity index is 1040. The van der Waals surface area contributed by atoms with Gasteiger partial charge in [0.2, 0.25) is 0 Å². The number of carbonyl (C=O) groups is 1. The molecule has 0 N–H and O–H groups in total. The Hall–Kier alpha value is -2.78. The van der Waals surface area contributed by atoms with Crippen molar-refractivity contribution in [3.63, 3.8) is 0 Å². The Labute approximate surface area is 186 Å². The molecule has 31 heavy (non-hydrogen) atoms. The molecular formula is C20H18Cl2F2N4O3. The van der Waals surface area contributed by atoms with E-state index >= 15 is 0 Å². The van der Waals surface area contributed by atoms with E-state index in [-0.39, 0.29) is 29.7 Å². The zero-order chi connectivity index (χ0) is 22.6. The molecule has 0 aliphatic carbocycles. The zero-order valence-electron chi connectivity index (χ0n) is 16.6. The summed E-state index contributed by atoms with van der Waals surface area (Å²) >= 11 is 11.1. The van der Waals surface area contributed by atoms with Gasteiger partial charge >= 0.3 is 11.4 Å². The monoisotopic (exact) mass is 470 g/mol. The van der Waals surface area contributed by atoms with Gasteiger partial charge in [-0.05, 0) is 42.3 Å². The normalized spacial score (nSPS) is 12.5. The van der Waals surface area contributed by atoms with Crippen molar-refractivity contribution in [1.29, 1.82) is 0 Å². The van der Waals surface area contributed by atoms with Gasteiger partial charge in [0.05, 0.1) is 31.0 Å². The molecule has 3 rings (SSSR count). The van der Waals surface area contributed by atoms with E-state index in [4.69, 9.17) is 32.7 Å². The third-order valence-corrected chi connectivity index (χ3v) is 4.70. The van der Waals surface area contributed by atoms with Crippen LogP contribution in [0.4, 0.5) is 8.78 Å². The van der Waals surface area contributed by atoms with Gasteiger partial charge in [0.1, 0.15) is 17.3 Å². The Morgan fingerprint density at radius 3 is 2.42 bits per heavy atom. The molecule has 2 aromatic heterocycles. The van der Waals surface area contributed by atoms with Crippen LogP contribution in [0.25, 0.3) is 0 Å². The van der Waals surface area contributed by atoms with Crippen LogP contribution in [0.3, 0.4) is 0 Å². The first-order chi connectivity index (χ1) is 14.7. The second-order valence-electron chi connectivity index (χ2n) is 6.40. The van der Waals surface area contributed by atoms with Crippen molar-refractivity contribution >= 4 is 29.2 Å². The molecule has 1 atom stereocenters.